The largest absolute Gasteiger partial charge is 0.416 e. The number of alkyl halides is 3. The smallest absolute Gasteiger partial charge is 0.266 e. The van der Waals surface area contributed by atoms with Crippen LogP contribution in [-0.2, 0) is 6.18 Å². The molecule has 0 radical (unpaired) electrons. The quantitative estimate of drug-likeness (QED) is 0.334. The van der Waals surface area contributed by atoms with Crippen molar-refractivity contribution < 1.29 is 23.0 Å². The average Bonchev–Trinajstić information content (AvgIpc) is 2.70. The van der Waals surface area contributed by atoms with E-state index < -0.39 is 38.6 Å². The molecule has 8 nitrogen and oxygen atoms in total. The van der Waals surface area contributed by atoms with Gasteiger partial charge in [-0.2, -0.15) is 18.3 Å². The summed E-state index contributed by atoms with van der Waals surface area (Å²) in [6, 6.07) is 13.2. The summed E-state index contributed by atoms with van der Waals surface area (Å²) >= 11 is 0. The minimum Gasteiger partial charge on any atom is -0.266 e. The third-order valence-corrected chi connectivity index (χ3v) is 4.33. The van der Waals surface area contributed by atoms with Crippen molar-refractivity contribution in [2.75, 3.05) is 5.43 Å². The number of hydrogen-bond donors (Lipinski definition) is 1. The topological polar surface area (TPSA) is 111 Å². The van der Waals surface area contributed by atoms with Crippen LogP contribution in [0.15, 0.2) is 59.7 Å². The van der Waals surface area contributed by atoms with Gasteiger partial charge in [-0.25, -0.2) is 0 Å². The van der Waals surface area contributed by atoms with Gasteiger partial charge in [0, 0.05) is 17.7 Å². The molecule has 11 heteroatoms. The van der Waals surface area contributed by atoms with E-state index in [1.54, 1.807) is 25.1 Å². The molecule has 3 aromatic carbocycles. The van der Waals surface area contributed by atoms with Gasteiger partial charge in [-0.1, -0.05) is 42.5 Å². The first kappa shape index (κ1) is 20.7. The molecule has 0 aliphatic heterocycles. The highest BCUT2D eigenvalue weighted by Crippen LogP contribution is 2.41. The van der Waals surface area contributed by atoms with Gasteiger partial charge in [0.1, 0.15) is 0 Å². The first-order chi connectivity index (χ1) is 14.1. The second kappa shape index (κ2) is 7.78. The number of fused-ring (bicyclic) bond motifs is 1. The molecule has 0 bridgehead atoms. The fraction of sp³-hybridized carbons (Fsp3) is 0.105. The molecule has 0 spiro atoms. The Morgan fingerprint density at radius 1 is 0.967 bits per heavy atom. The van der Waals surface area contributed by atoms with Gasteiger partial charge in [-0.15, -0.1) is 0 Å². The maximum Gasteiger partial charge on any atom is 0.416 e. The van der Waals surface area contributed by atoms with Gasteiger partial charge in [-0.3, -0.25) is 25.7 Å². The maximum atomic E-state index is 13.0. The Bertz CT molecular complexity index is 1150. The summed E-state index contributed by atoms with van der Waals surface area (Å²) in [6.07, 6.45) is -4.99. The van der Waals surface area contributed by atoms with Crippen molar-refractivity contribution in [3.8, 4) is 0 Å². The van der Waals surface area contributed by atoms with Crippen molar-refractivity contribution in [1.82, 2.24) is 0 Å². The second-order valence-electron chi connectivity index (χ2n) is 6.24. The van der Waals surface area contributed by atoms with Gasteiger partial charge in [0.05, 0.1) is 21.1 Å². The van der Waals surface area contributed by atoms with E-state index >= 15 is 0 Å². The van der Waals surface area contributed by atoms with Crippen LogP contribution in [0, 0.1) is 20.2 Å². The number of hydrazone groups is 1. The monoisotopic (exact) mass is 418 g/mol. The molecule has 0 atom stereocenters. The summed E-state index contributed by atoms with van der Waals surface area (Å²) in [4.78, 5) is 20.3. The summed E-state index contributed by atoms with van der Waals surface area (Å²) in [6.45, 7) is 1.57. The van der Waals surface area contributed by atoms with Crippen LogP contribution in [0.4, 0.5) is 30.2 Å². The van der Waals surface area contributed by atoms with Crippen LogP contribution in [0.3, 0.4) is 0 Å². The number of nitro benzene ring substituents is 2. The molecule has 0 aliphatic rings. The molecular weight excluding hydrogens is 405 g/mol. The zero-order valence-electron chi connectivity index (χ0n) is 15.3. The number of hydrogen-bond acceptors (Lipinski definition) is 6. The summed E-state index contributed by atoms with van der Waals surface area (Å²) in [5.41, 5.74) is -1.25. The Kier molecular flexibility index (Phi) is 5.37. The molecular formula is C19H13F3N4O4. The summed E-state index contributed by atoms with van der Waals surface area (Å²) in [7, 11) is 0. The molecule has 0 heterocycles. The first-order valence-electron chi connectivity index (χ1n) is 8.42. The van der Waals surface area contributed by atoms with E-state index in [9.17, 15) is 33.4 Å². The standard InChI is InChI=1S/C19H13F3N4O4/c1-11(14-8-4-6-12-5-2-3-7-15(12)14)23-24-18-16(25(27)28)9-13(19(20,21)22)10-17(18)26(29)30/h2-10,24H,1H3. The number of anilines is 1. The maximum absolute atomic E-state index is 13.0. The predicted octanol–water partition coefficient (Wildman–Crippen LogP) is 5.51. The van der Waals surface area contributed by atoms with Crippen LogP contribution in [0.2, 0.25) is 0 Å². The van der Waals surface area contributed by atoms with Gasteiger partial charge < -0.3 is 0 Å². The number of halogens is 3. The van der Waals surface area contributed by atoms with Crippen LogP contribution >= 0.6 is 0 Å². The van der Waals surface area contributed by atoms with Crippen molar-refractivity contribution >= 4 is 33.5 Å². The highest BCUT2D eigenvalue weighted by molar-refractivity contribution is 6.10. The van der Waals surface area contributed by atoms with Gasteiger partial charge >= 0.3 is 17.6 Å². The Labute approximate surface area is 166 Å². The lowest BCUT2D eigenvalue weighted by atomic mass is 10.0. The number of nitrogens with zero attached hydrogens (tertiary/aromatic N) is 3. The van der Waals surface area contributed by atoms with Crippen LogP contribution < -0.4 is 5.43 Å². The Hall–Kier alpha value is -4.02. The molecule has 0 saturated carbocycles. The van der Waals surface area contributed by atoms with E-state index in [0.717, 1.165) is 10.8 Å². The van der Waals surface area contributed by atoms with Gasteiger partial charge in [-0.05, 0) is 17.7 Å². The van der Waals surface area contributed by atoms with Crippen molar-refractivity contribution in [3.63, 3.8) is 0 Å². The lowest BCUT2D eigenvalue weighted by Gasteiger charge is -2.10. The molecule has 154 valence electrons. The summed E-state index contributed by atoms with van der Waals surface area (Å²) in [5, 5.41) is 28.3. The van der Waals surface area contributed by atoms with Crippen LogP contribution in [0.1, 0.15) is 18.1 Å². The normalized spacial score (nSPS) is 12.1. The fourth-order valence-corrected chi connectivity index (χ4v) is 2.92. The number of nitro groups is 2. The van der Waals surface area contributed by atoms with E-state index in [4.69, 9.17) is 0 Å². The van der Waals surface area contributed by atoms with Gasteiger partial charge in [0.25, 0.3) is 0 Å². The minimum atomic E-state index is -4.99. The minimum absolute atomic E-state index is 0.234. The van der Waals surface area contributed by atoms with Gasteiger partial charge in [0.15, 0.2) is 0 Å². The van der Waals surface area contributed by atoms with E-state index in [-0.39, 0.29) is 12.1 Å². The molecule has 0 aromatic heterocycles. The highest BCUT2D eigenvalue weighted by atomic mass is 19.4. The van der Waals surface area contributed by atoms with E-state index in [0.29, 0.717) is 11.3 Å². The molecule has 0 aliphatic carbocycles. The van der Waals surface area contributed by atoms with E-state index in [1.165, 1.54) is 0 Å². The zero-order valence-corrected chi connectivity index (χ0v) is 15.3. The number of benzene rings is 3. The third-order valence-electron chi connectivity index (χ3n) is 4.33. The van der Waals surface area contributed by atoms with Crippen LogP contribution in [0.5, 0.6) is 0 Å². The average molecular weight is 418 g/mol. The predicted molar refractivity (Wildman–Crippen MR) is 105 cm³/mol. The molecule has 0 saturated heterocycles. The zero-order chi connectivity index (χ0) is 22.1. The lowest BCUT2D eigenvalue weighted by Crippen LogP contribution is -2.10. The fourth-order valence-electron chi connectivity index (χ4n) is 2.92. The van der Waals surface area contributed by atoms with Crippen LogP contribution in [-0.4, -0.2) is 15.6 Å². The van der Waals surface area contributed by atoms with E-state index in [2.05, 4.69) is 10.5 Å². The summed E-state index contributed by atoms with van der Waals surface area (Å²) in [5.74, 6) is 0. The molecule has 0 amide bonds. The van der Waals surface area contributed by atoms with Crippen LogP contribution in [0.25, 0.3) is 10.8 Å². The Morgan fingerprint density at radius 2 is 1.53 bits per heavy atom. The van der Waals surface area contributed by atoms with E-state index in [1.807, 2.05) is 24.3 Å². The number of nitrogens with one attached hydrogen (secondary N) is 1. The molecule has 3 rings (SSSR count). The molecule has 30 heavy (non-hydrogen) atoms. The van der Waals surface area contributed by atoms with Crippen molar-refractivity contribution in [2.24, 2.45) is 5.10 Å². The van der Waals surface area contributed by atoms with Gasteiger partial charge in [0.2, 0.25) is 5.69 Å². The Morgan fingerprint density at radius 3 is 2.10 bits per heavy atom. The summed E-state index contributed by atoms with van der Waals surface area (Å²) < 4.78 is 39.0. The SMILES string of the molecule is CC(=NNc1c([N+](=O)[O-])cc(C(F)(F)F)cc1[N+](=O)[O-])c1cccc2ccccc12. The Balaban J connectivity index is 2.11. The molecule has 1 N–H and O–H groups in total. The van der Waals surface area contributed by atoms with Crippen molar-refractivity contribution in [2.45, 2.75) is 13.1 Å². The third kappa shape index (κ3) is 4.04. The van der Waals surface area contributed by atoms with Crippen molar-refractivity contribution in [3.05, 3.63) is 86.0 Å². The lowest BCUT2D eigenvalue weighted by molar-refractivity contribution is -0.392. The molecule has 0 unspecified atom stereocenters. The number of rotatable bonds is 5. The first-order valence-corrected chi connectivity index (χ1v) is 8.42. The molecule has 0 fully saturated rings. The highest BCUT2D eigenvalue weighted by Gasteiger charge is 2.37. The second-order valence-corrected chi connectivity index (χ2v) is 6.24. The molecule has 3 aromatic rings. The van der Waals surface area contributed by atoms with Crippen molar-refractivity contribution in [1.29, 1.82) is 0 Å².